The van der Waals surface area contributed by atoms with E-state index in [9.17, 15) is 4.79 Å². The van der Waals surface area contributed by atoms with E-state index < -0.39 is 0 Å². The number of carbonyl (C=O) groups excluding carboxylic acids is 1. The molecule has 0 radical (unpaired) electrons. The average Bonchev–Trinajstić information content (AvgIpc) is 3.18. The zero-order valence-electron chi connectivity index (χ0n) is 17.4. The van der Waals surface area contributed by atoms with E-state index in [4.69, 9.17) is 14.7 Å². The summed E-state index contributed by atoms with van der Waals surface area (Å²) in [4.78, 5) is 18.6. The summed E-state index contributed by atoms with van der Waals surface area (Å²) in [5.74, 6) is 0.965. The third-order valence-electron chi connectivity index (χ3n) is 4.61. The number of thiazole rings is 1. The van der Waals surface area contributed by atoms with E-state index >= 15 is 0 Å². The summed E-state index contributed by atoms with van der Waals surface area (Å²) < 4.78 is 11.5. The minimum Gasteiger partial charge on any atom is -0.490 e. The highest BCUT2D eigenvalue weighted by Crippen LogP contribution is 2.33. The molecule has 1 aromatic heterocycles. The first-order chi connectivity index (χ1) is 14.4. The topological polar surface area (TPSA) is 75.5 Å². The van der Waals surface area contributed by atoms with E-state index in [1.54, 1.807) is 23.1 Å². The molecule has 0 aliphatic rings. The average molecular weight is 422 g/mol. The molecule has 1 amide bonds. The van der Waals surface area contributed by atoms with Crippen molar-refractivity contribution in [2.24, 2.45) is 0 Å². The van der Waals surface area contributed by atoms with Crippen molar-refractivity contribution in [3.63, 3.8) is 0 Å². The fraction of sp³-hybridized carbons (Fsp3) is 0.261. The van der Waals surface area contributed by atoms with Gasteiger partial charge in [0.05, 0.1) is 29.6 Å². The third-order valence-corrected chi connectivity index (χ3v) is 5.49. The number of anilines is 2. The number of benzene rings is 2. The quantitative estimate of drug-likeness (QED) is 0.518. The molecule has 0 atom stereocenters. The second-order valence-electron chi connectivity index (χ2n) is 6.69. The van der Waals surface area contributed by atoms with Crippen LogP contribution in [0.5, 0.6) is 11.5 Å². The van der Waals surface area contributed by atoms with Gasteiger partial charge in [0.1, 0.15) is 6.61 Å². The normalized spacial score (nSPS) is 10.4. The van der Waals surface area contributed by atoms with E-state index in [0.717, 1.165) is 16.8 Å². The number of amides is 1. The van der Waals surface area contributed by atoms with Crippen molar-refractivity contribution < 1.29 is 14.3 Å². The van der Waals surface area contributed by atoms with Crippen LogP contribution >= 0.6 is 11.3 Å². The van der Waals surface area contributed by atoms with Gasteiger partial charge in [0, 0.05) is 18.4 Å². The molecule has 7 heteroatoms. The van der Waals surface area contributed by atoms with Crippen LogP contribution in [-0.4, -0.2) is 17.5 Å². The summed E-state index contributed by atoms with van der Waals surface area (Å²) in [7, 11) is 0. The predicted molar refractivity (Wildman–Crippen MR) is 118 cm³/mol. The Balaban J connectivity index is 1.82. The van der Waals surface area contributed by atoms with Gasteiger partial charge in [-0.1, -0.05) is 12.1 Å². The van der Waals surface area contributed by atoms with Crippen molar-refractivity contribution in [3.8, 4) is 17.6 Å². The van der Waals surface area contributed by atoms with Gasteiger partial charge in [-0.15, -0.1) is 11.3 Å². The van der Waals surface area contributed by atoms with Crippen molar-refractivity contribution in [2.45, 2.75) is 34.3 Å². The van der Waals surface area contributed by atoms with Crippen LogP contribution in [0.4, 0.5) is 10.8 Å². The Morgan fingerprint density at radius 2 is 2.00 bits per heavy atom. The molecular formula is C23H23N3O3S. The lowest BCUT2D eigenvalue weighted by Gasteiger charge is -2.21. The highest BCUT2D eigenvalue weighted by Gasteiger charge is 2.20. The van der Waals surface area contributed by atoms with Crippen molar-refractivity contribution in [1.82, 2.24) is 4.98 Å². The largest absolute Gasteiger partial charge is 0.490 e. The van der Waals surface area contributed by atoms with Crippen LogP contribution in [0.25, 0.3) is 0 Å². The Kier molecular flexibility index (Phi) is 6.70. The van der Waals surface area contributed by atoms with Gasteiger partial charge < -0.3 is 9.47 Å². The number of ether oxygens (including phenoxy) is 2. The summed E-state index contributed by atoms with van der Waals surface area (Å²) in [6.45, 7) is 8.12. The van der Waals surface area contributed by atoms with Gasteiger partial charge in [-0.2, -0.15) is 5.26 Å². The number of hydrogen-bond acceptors (Lipinski definition) is 6. The number of nitriles is 1. The first-order valence-corrected chi connectivity index (χ1v) is 10.4. The molecular weight excluding hydrogens is 398 g/mol. The lowest BCUT2D eigenvalue weighted by molar-refractivity contribution is -0.115. The second-order valence-corrected chi connectivity index (χ2v) is 7.53. The van der Waals surface area contributed by atoms with Crippen molar-refractivity contribution in [3.05, 3.63) is 64.2 Å². The Bertz CT molecular complexity index is 1100. The zero-order valence-corrected chi connectivity index (χ0v) is 18.2. The molecule has 1 heterocycles. The monoisotopic (exact) mass is 421 g/mol. The minimum atomic E-state index is -0.101. The molecule has 0 aliphatic heterocycles. The highest BCUT2D eigenvalue weighted by atomic mass is 32.1. The van der Waals surface area contributed by atoms with Gasteiger partial charge >= 0.3 is 0 Å². The van der Waals surface area contributed by atoms with Gasteiger partial charge in [-0.3, -0.25) is 9.69 Å². The summed E-state index contributed by atoms with van der Waals surface area (Å²) in [6.07, 6.45) is 0. The molecule has 6 nitrogen and oxygen atoms in total. The van der Waals surface area contributed by atoms with Crippen LogP contribution in [-0.2, 0) is 11.4 Å². The predicted octanol–water partition coefficient (Wildman–Crippen LogP) is 5.29. The lowest BCUT2D eigenvalue weighted by atomic mass is 10.1. The van der Waals surface area contributed by atoms with E-state index in [-0.39, 0.29) is 12.5 Å². The standard InChI is InChI=1S/C23H23N3O3S/c1-5-28-22-11-18(12-24)9-10-21(22)29-13-19-14-30-23(25-19)26(17(4)27)20-8-6-7-15(2)16(20)3/h6-11,14H,5,13H2,1-4H3. The first-order valence-electron chi connectivity index (χ1n) is 9.55. The third kappa shape index (κ3) is 4.61. The molecule has 0 spiro atoms. The molecule has 0 bridgehead atoms. The molecule has 154 valence electrons. The molecule has 0 fully saturated rings. The minimum absolute atomic E-state index is 0.101. The SMILES string of the molecule is CCOc1cc(C#N)ccc1OCc1csc(N(C(C)=O)c2cccc(C)c2C)n1. The van der Waals surface area contributed by atoms with Crippen LogP contribution in [0.15, 0.2) is 41.8 Å². The zero-order chi connectivity index (χ0) is 21.7. The van der Waals surface area contributed by atoms with Crippen LogP contribution in [0.1, 0.15) is 36.2 Å². The highest BCUT2D eigenvalue weighted by molar-refractivity contribution is 7.14. The van der Waals surface area contributed by atoms with Crippen LogP contribution in [0.3, 0.4) is 0 Å². The Hall–Kier alpha value is -3.37. The lowest BCUT2D eigenvalue weighted by Crippen LogP contribution is -2.23. The summed E-state index contributed by atoms with van der Waals surface area (Å²) in [5.41, 5.74) is 4.20. The molecule has 0 saturated heterocycles. The smallest absolute Gasteiger partial charge is 0.230 e. The first kappa shape index (κ1) is 21.3. The number of aryl methyl sites for hydroxylation is 1. The Morgan fingerprint density at radius 1 is 1.20 bits per heavy atom. The molecule has 0 unspecified atom stereocenters. The Labute approximate surface area is 180 Å². The molecule has 3 rings (SSSR count). The second kappa shape index (κ2) is 9.42. The van der Waals surface area contributed by atoms with Crippen molar-refractivity contribution in [1.29, 1.82) is 5.26 Å². The van der Waals surface area contributed by atoms with Gasteiger partial charge in [-0.05, 0) is 50.1 Å². The van der Waals surface area contributed by atoms with Crippen LogP contribution in [0, 0.1) is 25.2 Å². The van der Waals surface area contributed by atoms with E-state index in [1.807, 2.05) is 44.4 Å². The van der Waals surface area contributed by atoms with E-state index in [0.29, 0.717) is 34.5 Å². The number of rotatable bonds is 7. The van der Waals surface area contributed by atoms with E-state index in [2.05, 4.69) is 11.1 Å². The maximum Gasteiger partial charge on any atom is 0.230 e. The maximum absolute atomic E-state index is 12.4. The van der Waals surface area contributed by atoms with Crippen LogP contribution in [0.2, 0.25) is 0 Å². The van der Waals surface area contributed by atoms with Gasteiger partial charge in [-0.25, -0.2) is 4.98 Å². The fourth-order valence-electron chi connectivity index (χ4n) is 2.97. The maximum atomic E-state index is 12.4. The van der Waals surface area contributed by atoms with Crippen molar-refractivity contribution in [2.75, 3.05) is 11.5 Å². The van der Waals surface area contributed by atoms with Crippen molar-refractivity contribution >= 4 is 28.1 Å². The van der Waals surface area contributed by atoms with Gasteiger partial charge in [0.2, 0.25) is 5.91 Å². The number of nitrogens with zero attached hydrogens (tertiary/aromatic N) is 3. The molecule has 0 saturated carbocycles. The number of hydrogen-bond donors (Lipinski definition) is 0. The number of aromatic nitrogens is 1. The summed E-state index contributed by atoms with van der Waals surface area (Å²) >= 11 is 1.39. The molecule has 3 aromatic rings. The van der Waals surface area contributed by atoms with Gasteiger partial charge in [0.25, 0.3) is 0 Å². The molecule has 2 aromatic carbocycles. The van der Waals surface area contributed by atoms with Crippen LogP contribution < -0.4 is 14.4 Å². The Morgan fingerprint density at radius 3 is 2.70 bits per heavy atom. The summed E-state index contributed by atoms with van der Waals surface area (Å²) in [6, 6.07) is 13.0. The fourth-order valence-corrected chi connectivity index (χ4v) is 3.83. The van der Waals surface area contributed by atoms with E-state index in [1.165, 1.54) is 18.3 Å². The van der Waals surface area contributed by atoms with Gasteiger partial charge in [0.15, 0.2) is 16.6 Å². The molecule has 0 N–H and O–H groups in total. The summed E-state index contributed by atoms with van der Waals surface area (Å²) in [5, 5.41) is 11.5. The number of carbonyl (C=O) groups is 1. The molecule has 30 heavy (non-hydrogen) atoms. The molecule has 0 aliphatic carbocycles.